The maximum atomic E-state index is 12.9. The number of anilines is 1. The third kappa shape index (κ3) is 6.65. The molecule has 1 saturated heterocycles. The molecule has 0 aromatic heterocycles. The molecule has 2 rings (SSSR count). The van der Waals surface area contributed by atoms with Crippen molar-refractivity contribution in [1.29, 1.82) is 0 Å². The smallest absolute Gasteiger partial charge is 0.368 e. The molecule has 0 spiro atoms. The van der Waals surface area contributed by atoms with Gasteiger partial charge in [0.15, 0.2) is 5.71 Å². The van der Waals surface area contributed by atoms with Crippen molar-refractivity contribution in [3.8, 4) is 0 Å². The minimum atomic E-state index is -4.62. The molecule has 0 atom stereocenters. The van der Waals surface area contributed by atoms with Crippen molar-refractivity contribution in [3.05, 3.63) is 28.8 Å². The van der Waals surface area contributed by atoms with Gasteiger partial charge in [-0.2, -0.15) is 18.3 Å². The Labute approximate surface area is 184 Å². The number of rotatable bonds is 8. The number of nitrogens with zero attached hydrogens (tertiary/aromatic N) is 4. The van der Waals surface area contributed by atoms with Gasteiger partial charge in [-0.1, -0.05) is 11.6 Å². The topological polar surface area (TPSA) is 51.2 Å². The summed E-state index contributed by atoms with van der Waals surface area (Å²) < 4.78 is 38.6. The van der Waals surface area contributed by atoms with Gasteiger partial charge in [0, 0.05) is 50.0 Å². The molecule has 30 heavy (non-hydrogen) atoms. The third-order valence-electron chi connectivity index (χ3n) is 4.79. The van der Waals surface area contributed by atoms with Crippen LogP contribution >= 0.6 is 23.2 Å². The first-order valence-electron chi connectivity index (χ1n) is 9.60. The molecule has 168 valence electrons. The van der Waals surface area contributed by atoms with Crippen LogP contribution in [-0.4, -0.2) is 79.9 Å². The van der Waals surface area contributed by atoms with Crippen LogP contribution in [0.25, 0.3) is 0 Å². The lowest BCUT2D eigenvalue weighted by Crippen LogP contribution is -2.51. The van der Waals surface area contributed by atoms with Gasteiger partial charge in [0.05, 0.1) is 5.88 Å². The van der Waals surface area contributed by atoms with Gasteiger partial charge in [-0.3, -0.25) is 9.80 Å². The Hall–Kier alpha value is -1.71. The number of halogens is 5. The number of hydrogen-bond acceptors (Lipinski definition) is 5. The fourth-order valence-corrected chi connectivity index (χ4v) is 3.49. The van der Waals surface area contributed by atoms with E-state index in [9.17, 15) is 18.0 Å². The average molecular weight is 468 g/mol. The molecular weight excluding hydrogens is 442 g/mol. The molecule has 0 saturated carbocycles. The summed E-state index contributed by atoms with van der Waals surface area (Å²) in [6.45, 7) is 4.44. The zero-order chi connectivity index (χ0) is 22.3. The van der Waals surface area contributed by atoms with Crippen LogP contribution in [-0.2, 0) is 11.3 Å². The molecule has 1 fully saturated rings. The van der Waals surface area contributed by atoms with Crippen molar-refractivity contribution < 1.29 is 18.0 Å². The van der Waals surface area contributed by atoms with E-state index < -0.39 is 17.8 Å². The van der Waals surface area contributed by atoms with Crippen molar-refractivity contribution in [3.63, 3.8) is 0 Å². The van der Waals surface area contributed by atoms with Gasteiger partial charge in [-0.05, 0) is 37.7 Å². The van der Waals surface area contributed by atoms with E-state index in [0.29, 0.717) is 37.7 Å². The van der Waals surface area contributed by atoms with Gasteiger partial charge in [0.1, 0.15) is 6.54 Å². The molecule has 0 radical (unpaired) electrons. The summed E-state index contributed by atoms with van der Waals surface area (Å²) in [4.78, 5) is 16.4. The van der Waals surface area contributed by atoms with E-state index in [1.807, 2.05) is 25.2 Å². The molecule has 0 bridgehead atoms. The standard InChI is InChI=1S/C19H26Cl2F3N5O/c1-3-29(26-17(11-20)19(22,23)24)13-18(30)28-8-6-27(7-9-28)15-4-5-16(21)14(10-15)12-25-2/h4-5,10,25H,3,6-9,11-13H2,1-2H3/b26-17+. The lowest BCUT2D eigenvalue weighted by Gasteiger charge is -2.37. The highest BCUT2D eigenvalue weighted by atomic mass is 35.5. The number of hydrazone groups is 1. The van der Waals surface area contributed by atoms with E-state index in [2.05, 4.69) is 15.3 Å². The van der Waals surface area contributed by atoms with Gasteiger partial charge < -0.3 is 15.1 Å². The molecule has 1 heterocycles. The highest BCUT2D eigenvalue weighted by Gasteiger charge is 2.36. The van der Waals surface area contributed by atoms with E-state index in [-0.39, 0.29) is 19.0 Å². The summed E-state index contributed by atoms with van der Waals surface area (Å²) in [7, 11) is 1.85. The normalized spacial score (nSPS) is 15.5. The van der Waals surface area contributed by atoms with Crippen LogP contribution in [0.15, 0.2) is 23.3 Å². The fourth-order valence-electron chi connectivity index (χ4n) is 3.10. The predicted octanol–water partition coefficient (Wildman–Crippen LogP) is 3.19. The Kier molecular flexibility index (Phi) is 9.06. The third-order valence-corrected chi connectivity index (χ3v) is 5.41. The Morgan fingerprint density at radius 2 is 1.93 bits per heavy atom. The van der Waals surface area contributed by atoms with E-state index in [1.54, 1.807) is 11.8 Å². The molecule has 1 aliphatic rings. The summed E-state index contributed by atoms with van der Waals surface area (Å²) in [6.07, 6.45) is -4.62. The van der Waals surface area contributed by atoms with Gasteiger partial charge >= 0.3 is 6.18 Å². The van der Waals surface area contributed by atoms with Crippen molar-refractivity contribution >= 4 is 40.5 Å². The minimum absolute atomic E-state index is 0.168. The zero-order valence-electron chi connectivity index (χ0n) is 17.0. The quantitative estimate of drug-likeness (QED) is 0.362. The first-order chi connectivity index (χ1) is 14.2. The number of hydrogen-bond donors (Lipinski definition) is 1. The maximum absolute atomic E-state index is 12.9. The van der Waals surface area contributed by atoms with Crippen molar-refractivity contribution in [2.45, 2.75) is 19.6 Å². The number of alkyl halides is 4. The van der Waals surface area contributed by atoms with Crippen LogP contribution in [0.2, 0.25) is 5.02 Å². The molecule has 6 nitrogen and oxygen atoms in total. The summed E-state index contributed by atoms with van der Waals surface area (Å²) in [5.41, 5.74) is 0.906. The summed E-state index contributed by atoms with van der Waals surface area (Å²) in [5, 5.41) is 8.40. The zero-order valence-corrected chi connectivity index (χ0v) is 18.5. The number of carbonyl (C=O) groups is 1. The molecule has 1 N–H and O–H groups in total. The Balaban J connectivity index is 1.96. The van der Waals surface area contributed by atoms with Crippen LogP contribution in [0.1, 0.15) is 12.5 Å². The number of amides is 1. The molecular formula is C19H26Cl2F3N5O. The molecule has 1 aliphatic heterocycles. The fraction of sp³-hybridized carbons (Fsp3) is 0.579. The second-order valence-corrected chi connectivity index (χ2v) is 7.51. The van der Waals surface area contributed by atoms with Crippen LogP contribution in [0.4, 0.5) is 18.9 Å². The predicted molar refractivity (Wildman–Crippen MR) is 114 cm³/mol. The highest BCUT2D eigenvalue weighted by molar-refractivity contribution is 6.31. The molecule has 0 unspecified atom stereocenters. The Morgan fingerprint density at radius 3 is 2.47 bits per heavy atom. The maximum Gasteiger partial charge on any atom is 0.432 e. The van der Waals surface area contributed by atoms with E-state index in [4.69, 9.17) is 23.2 Å². The number of likely N-dealkylation sites (N-methyl/N-ethyl adjacent to an activating group) is 1. The summed E-state index contributed by atoms with van der Waals surface area (Å²) >= 11 is 11.6. The largest absolute Gasteiger partial charge is 0.432 e. The molecule has 11 heteroatoms. The first kappa shape index (κ1) is 24.6. The molecule has 1 aromatic carbocycles. The summed E-state index contributed by atoms with van der Waals surface area (Å²) in [6, 6.07) is 5.82. The number of nitrogens with one attached hydrogen (secondary N) is 1. The molecule has 1 amide bonds. The lowest BCUT2D eigenvalue weighted by atomic mass is 10.1. The van der Waals surface area contributed by atoms with Crippen molar-refractivity contribution in [1.82, 2.24) is 15.2 Å². The highest BCUT2D eigenvalue weighted by Crippen LogP contribution is 2.24. The van der Waals surface area contributed by atoms with Crippen LogP contribution in [0, 0.1) is 0 Å². The van der Waals surface area contributed by atoms with Crippen molar-refractivity contribution in [2.24, 2.45) is 5.10 Å². The van der Waals surface area contributed by atoms with E-state index >= 15 is 0 Å². The van der Waals surface area contributed by atoms with E-state index in [0.717, 1.165) is 16.3 Å². The summed E-state index contributed by atoms with van der Waals surface area (Å²) in [5.74, 6) is -1.02. The SMILES string of the molecule is CCN(CC(=O)N1CCN(c2ccc(Cl)c(CNC)c2)CC1)/N=C(\CCl)C(F)(F)F. The Bertz CT molecular complexity index is 752. The van der Waals surface area contributed by atoms with Gasteiger partial charge in [0.25, 0.3) is 0 Å². The Morgan fingerprint density at radius 1 is 1.27 bits per heavy atom. The molecule has 0 aliphatic carbocycles. The monoisotopic (exact) mass is 467 g/mol. The van der Waals surface area contributed by atoms with E-state index in [1.165, 1.54) is 0 Å². The van der Waals surface area contributed by atoms with Gasteiger partial charge in [-0.15, -0.1) is 11.6 Å². The lowest BCUT2D eigenvalue weighted by molar-refractivity contribution is -0.132. The number of piperazine rings is 1. The second-order valence-electron chi connectivity index (χ2n) is 6.83. The van der Waals surface area contributed by atoms with Crippen molar-refractivity contribution in [2.75, 3.05) is 57.1 Å². The second kappa shape index (κ2) is 11.1. The average Bonchev–Trinajstić information content (AvgIpc) is 2.71. The first-order valence-corrected chi connectivity index (χ1v) is 10.5. The number of benzene rings is 1. The minimum Gasteiger partial charge on any atom is -0.368 e. The molecule has 1 aromatic rings. The van der Waals surface area contributed by atoms with Gasteiger partial charge in [0.2, 0.25) is 5.91 Å². The van der Waals surface area contributed by atoms with Crippen LogP contribution in [0.3, 0.4) is 0 Å². The van der Waals surface area contributed by atoms with Gasteiger partial charge in [-0.25, -0.2) is 0 Å². The van der Waals surface area contributed by atoms with Crippen LogP contribution < -0.4 is 10.2 Å². The number of carbonyl (C=O) groups excluding carboxylic acids is 1. The van der Waals surface area contributed by atoms with Crippen LogP contribution in [0.5, 0.6) is 0 Å².